The first-order valence-electron chi connectivity index (χ1n) is 10.6. The molecular formula is C24H27ClN4O2S. The third-order valence-corrected chi connectivity index (χ3v) is 6.50. The van der Waals surface area contributed by atoms with Crippen LogP contribution in [-0.4, -0.2) is 44.9 Å². The molecular weight excluding hydrogens is 444 g/mol. The van der Waals surface area contributed by atoms with Crippen molar-refractivity contribution >= 4 is 28.9 Å². The SMILES string of the molecule is COCCCN1C(=S)N[C@@H](c2ccccn2)[C@H]1c1cc(C)n(-c2cc(Cl)ccc2O)c1C. The second kappa shape index (κ2) is 9.48. The molecule has 8 heteroatoms. The zero-order chi connectivity index (χ0) is 22.8. The Morgan fingerprint density at radius 2 is 2.03 bits per heavy atom. The van der Waals surface area contributed by atoms with Crippen molar-refractivity contribution in [2.45, 2.75) is 32.4 Å². The van der Waals surface area contributed by atoms with Gasteiger partial charge in [0.05, 0.1) is 23.5 Å². The number of pyridine rings is 1. The van der Waals surface area contributed by atoms with E-state index in [9.17, 15) is 5.11 Å². The van der Waals surface area contributed by atoms with Crippen molar-refractivity contribution in [2.24, 2.45) is 0 Å². The Balaban J connectivity index is 1.81. The number of nitrogens with zero attached hydrogens (tertiary/aromatic N) is 3. The quantitative estimate of drug-likeness (QED) is 0.380. The summed E-state index contributed by atoms with van der Waals surface area (Å²) >= 11 is 12.0. The van der Waals surface area contributed by atoms with Crippen LogP contribution in [0.15, 0.2) is 48.7 Å². The fourth-order valence-electron chi connectivity index (χ4n) is 4.50. The lowest BCUT2D eigenvalue weighted by Crippen LogP contribution is -2.31. The number of rotatable bonds is 7. The Hall–Kier alpha value is -2.61. The molecule has 0 spiro atoms. The molecule has 1 fully saturated rings. The van der Waals surface area contributed by atoms with E-state index in [2.05, 4.69) is 28.2 Å². The number of aryl methyl sites for hydroxylation is 1. The average Bonchev–Trinajstić information content (AvgIpc) is 3.26. The normalized spacial score (nSPS) is 18.2. The predicted molar refractivity (Wildman–Crippen MR) is 131 cm³/mol. The van der Waals surface area contributed by atoms with Crippen LogP contribution in [0.2, 0.25) is 5.02 Å². The fraction of sp³-hybridized carbons (Fsp3) is 0.333. The number of halogens is 1. The molecule has 2 N–H and O–H groups in total. The molecule has 2 atom stereocenters. The third kappa shape index (κ3) is 4.20. The van der Waals surface area contributed by atoms with Gasteiger partial charge in [0.25, 0.3) is 0 Å². The first-order valence-corrected chi connectivity index (χ1v) is 11.4. The number of hydrogen-bond donors (Lipinski definition) is 2. The van der Waals surface area contributed by atoms with E-state index < -0.39 is 0 Å². The van der Waals surface area contributed by atoms with E-state index in [1.807, 2.05) is 29.7 Å². The number of nitrogens with one attached hydrogen (secondary N) is 1. The van der Waals surface area contributed by atoms with Crippen LogP contribution in [0.1, 0.15) is 41.1 Å². The molecule has 0 radical (unpaired) electrons. The molecule has 32 heavy (non-hydrogen) atoms. The molecule has 168 valence electrons. The van der Waals surface area contributed by atoms with Gasteiger partial charge < -0.3 is 24.6 Å². The number of hydrogen-bond acceptors (Lipinski definition) is 4. The van der Waals surface area contributed by atoms with Crippen molar-refractivity contribution < 1.29 is 9.84 Å². The smallest absolute Gasteiger partial charge is 0.170 e. The highest BCUT2D eigenvalue weighted by Crippen LogP contribution is 2.42. The first-order chi connectivity index (χ1) is 15.4. The van der Waals surface area contributed by atoms with Crippen LogP contribution < -0.4 is 5.32 Å². The van der Waals surface area contributed by atoms with Gasteiger partial charge in [0.15, 0.2) is 5.11 Å². The van der Waals surface area contributed by atoms with Gasteiger partial charge >= 0.3 is 0 Å². The first kappa shape index (κ1) is 22.6. The Bertz CT molecular complexity index is 1120. The molecule has 0 saturated carbocycles. The molecule has 1 aliphatic rings. The largest absolute Gasteiger partial charge is 0.506 e. The number of benzene rings is 1. The van der Waals surface area contributed by atoms with Gasteiger partial charge in [0.1, 0.15) is 5.75 Å². The lowest BCUT2D eigenvalue weighted by Gasteiger charge is -2.28. The van der Waals surface area contributed by atoms with Gasteiger partial charge in [-0.15, -0.1) is 0 Å². The molecule has 6 nitrogen and oxygen atoms in total. The molecule has 4 rings (SSSR count). The third-order valence-electron chi connectivity index (χ3n) is 5.91. The summed E-state index contributed by atoms with van der Waals surface area (Å²) in [5, 5.41) is 15.3. The molecule has 0 bridgehead atoms. The number of aromatic nitrogens is 2. The highest BCUT2D eigenvalue weighted by Gasteiger charge is 2.41. The van der Waals surface area contributed by atoms with Gasteiger partial charge in [-0.25, -0.2) is 0 Å². The second-order valence-electron chi connectivity index (χ2n) is 7.96. The molecule has 0 amide bonds. The molecule has 2 aromatic heterocycles. The maximum Gasteiger partial charge on any atom is 0.170 e. The lowest BCUT2D eigenvalue weighted by molar-refractivity contribution is 0.180. The van der Waals surface area contributed by atoms with Crippen molar-refractivity contribution in [1.29, 1.82) is 0 Å². The summed E-state index contributed by atoms with van der Waals surface area (Å²) in [6.45, 7) is 5.52. The summed E-state index contributed by atoms with van der Waals surface area (Å²) in [6.07, 6.45) is 2.66. The lowest BCUT2D eigenvalue weighted by atomic mass is 9.96. The van der Waals surface area contributed by atoms with Gasteiger partial charge in [-0.2, -0.15) is 0 Å². The van der Waals surface area contributed by atoms with Gasteiger partial charge in [0.2, 0.25) is 0 Å². The summed E-state index contributed by atoms with van der Waals surface area (Å²) in [5.41, 5.74) is 4.75. The highest BCUT2D eigenvalue weighted by molar-refractivity contribution is 7.80. The summed E-state index contributed by atoms with van der Waals surface area (Å²) < 4.78 is 7.31. The van der Waals surface area contributed by atoms with Crippen molar-refractivity contribution in [1.82, 2.24) is 19.8 Å². The zero-order valence-electron chi connectivity index (χ0n) is 18.4. The minimum atomic E-state index is -0.0897. The molecule has 0 aliphatic carbocycles. The minimum Gasteiger partial charge on any atom is -0.506 e. The number of phenols is 1. The maximum atomic E-state index is 10.5. The topological polar surface area (TPSA) is 62.5 Å². The molecule has 1 saturated heterocycles. The van der Waals surface area contributed by atoms with Crippen molar-refractivity contribution in [2.75, 3.05) is 20.3 Å². The number of methoxy groups -OCH3 is 1. The van der Waals surface area contributed by atoms with Gasteiger partial charge in [0, 0.05) is 42.9 Å². The van der Waals surface area contributed by atoms with E-state index in [0.717, 1.165) is 35.6 Å². The number of thiocarbonyl (C=S) groups is 1. The highest BCUT2D eigenvalue weighted by atomic mass is 35.5. The van der Waals surface area contributed by atoms with Crippen molar-refractivity contribution in [3.63, 3.8) is 0 Å². The molecule has 3 heterocycles. The fourth-order valence-corrected chi connectivity index (χ4v) is 5.00. The second-order valence-corrected chi connectivity index (χ2v) is 8.78. The molecule has 3 aromatic rings. The summed E-state index contributed by atoms with van der Waals surface area (Å²) in [4.78, 5) is 6.83. The average molecular weight is 471 g/mol. The van der Waals surface area contributed by atoms with E-state index in [0.29, 0.717) is 22.4 Å². The van der Waals surface area contributed by atoms with Crippen LogP contribution in [0, 0.1) is 13.8 Å². The van der Waals surface area contributed by atoms with Gasteiger partial charge in [-0.3, -0.25) is 4.98 Å². The van der Waals surface area contributed by atoms with E-state index >= 15 is 0 Å². The molecule has 1 aromatic carbocycles. The van der Waals surface area contributed by atoms with Crippen molar-refractivity contribution in [3.05, 3.63) is 76.3 Å². The Kier molecular flexibility index (Phi) is 6.69. The Labute approximate surface area is 198 Å². The summed E-state index contributed by atoms with van der Waals surface area (Å²) in [6, 6.07) is 13.0. The van der Waals surface area contributed by atoms with Crippen LogP contribution in [0.4, 0.5) is 0 Å². The van der Waals surface area contributed by atoms with Crippen LogP contribution in [0.25, 0.3) is 5.69 Å². The molecule has 0 unspecified atom stereocenters. The maximum absolute atomic E-state index is 10.5. The zero-order valence-corrected chi connectivity index (χ0v) is 20.0. The van der Waals surface area contributed by atoms with Crippen LogP contribution in [-0.2, 0) is 4.74 Å². The van der Waals surface area contributed by atoms with Gasteiger partial charge in [-0.1, -0.05) is 17.7 Å². The van der Waals surface area contributed by atoms with E-state index in [1.54, 1.807) is 31.5 Å². The van der Waals surface area contributed by atoms with E-state index in [4.69, 9.17) is 28.6 Å². The van der Waals surface area contributed by atoms with Crippen LogP contribution in [0.5, 0.6) is 5.75 Å². The number of phenolic OH excluding ortho intramolecular Hbond substituents is 1. The monoisotopic (exact) mass is 470 g/mol. The summed E-state index contributed by atoms with van der Waals surface area (Å²) in [5.74, 6) is 0.182. The predicted octanol–water partition coefficient (Wildman–Crippen LogP) is 4.86. The molecule has 1 aliphatic heterocycles. The van der Waals surface area contributed by atoms with Gasteiger partial charge in [-0.05, 0) is 74.4 Å². The van der Waals surface area contributed by atoms with Crippen molar-refractivity contribution in [3.8, 4) is 11.4 Å². The minimum absolute atomic E-state index is 0.0458. The summed E-state index contributed by atoms with van der Waals surface area (Å²) in [7, 11) is 1.71. The van der Waals surface area contributed by atoms with E-state index in [1.165, 1.54) is 0 Å². The Morgan fingerprint density at radius 3 is 2.75 bits per heavy atom. The van der Waals surface area contributed by atoms with E-state index in [-0.39, 0.29) is 17.8 Å². The number of ether oxygens (including phenoxy) is 1. The van der Waals surface area contributed by atoms with Crippen LogP contribution >= 0.6 is 23.8 Å². The standard InChI is InChI=1S/C24H27ClN4O2S/c1-15-13-18(16(2)29(15)20-14-17(25)8-9-21(20)30)23-22(19-7-4-5-10-26-19)27-24(32)28(23)11-6-12-31-3/h4-5,7-10,13-14,22-23,30H,6,11-12H2,1-3H3,(H,27,32)/t22-,23+/m0/s1. The number of aromatic hydroxyl groups is 1. The van der Waals surface area contributed by atoms with Crippen LogP contribution in [0.3, 0.4) is 0 Å². The Morgan fingerprint density at radius 1 is 1.22 bits per heavy atom.